The lowest BCUT2D eigenvalue weighted by atomic mass is 9.91. The average Bonchev–Trinajstić information content (AvgIpc) is 3.05. The SMILES string of the molecule is CC(C)[C@@H]1CN(CC(=O)O)C[C@H]1NC(=O)CCc1ccsc1. The molecule has 1 amide bonds. The van der Waals surface area contributed by atoms with Crippen LogP contribution in [0.2, 0.25) is 0 Å². The van der Waals surface area contributed by atoms with E-state index in [1.165, 1.54) is 5.56 Å². The molecule has 0 unspecified atom stereocenters. The summed E-state index contributed by atoms with van der Waals surface area (Å²) in [6.45, 7) is 5.65. The molecule has 0 bridgehead atoms. The van der Waals surface area contributed by atoms with Gasteiger partial charge < -0.3 is 10.4 Å². The predicted octanol–water partition coefficient (Wildman–Crippen LogP) is 1.84. The number of aryl methyl sites for hydroxylation is 1. The molecule has 22 heavy (non-hydrogen) atoms. The molecule has 5 nitrogen and oxygen atoms in total. The zero-order valence-corrected chi connectivity index (χ0v) is 13.9. The topological polar surface area (TPSA) is 69.6 Å². The van der Waals surface area contributed by atoms with E-state index in [2.05, 4.69) is 24.5 Å². The Balaban J connectivity index is 1.85. The van der Waals surface area contributed by atoms with Crippen LogP contribution in [0.5, 0.6) is 0 Å². The van der Waals surface area contributed by atoms with Gasteiger partial charge in [-0.05, 0) is 40.6 Å². The first kappa shape index (κ1) is 17.0. The molecule has 1 aliphatic rings. The van der Waals surface area contributed by atoms with Crippen LogP contribution >= 0.6 is 11.3 Å². The van der Waals surface area contributed by atoms with E-state index < -0.39 is 5.97 Å². The minimum atomic E-state index is -0.813. The van der Waals surface area contributed by atoms with Crippen molar-refractivity contribution in [2.75, 3.05) is 19.6 Å². The van der Waals surface area contributed by atoms with Gasteiger partial charge in [-0.2, -0.15) is 11.3 Å². The van der Waals surface area contributed by atoms with E-state index in [9.17, 15) is 9.59 Å². The van der Waals surface area contributed by atoms with Gasteiger partial charge in [0.25, 0.3) is 0 Å². The Kier molecular flexibility index (Phi) is 5.97. The summed E-state index contributed by atoms with van der Waals surface area (Å²) < 4.78 is 0. The number of amides is 1. The highest BCUT2D eigenvalue weighted by Gasteiger charge is 2.36. The van der Waals surface area contributed by atoms with Crippen LogP contribution in [0.1, 0.15) is 25.8 Å². The highest BCUT2D eigenvalue weighted by molar-refractivity contribution is 7.07. The Morgan fingerprint density at radius 3 is 2.82 bits per heavy atom. The first-order valence-corrected chi connectivity index (χ1v) is 8.64. The summed E-state index contributed by atoms with van der Waals surface area (Å²) in [6, 6.07) is 2.09. The van der Waals surface area contributed by atoms with Crippen LogP contribution < -0.4 is 5.32 Å². The van der Waals surface area contributed by atoms with Crippen LogP contribution in [0.25, 0.3) is 0 Å². The van der Waals surface area contributed by atoms with Crippen LogP contribution in [-0.2, 0) is 16.0 Å². The van der Waals surface area contributed by atoms with E-state index in [4.69, 9.17) is 5.11 Å². The van der Waals surface area contributed by atoms with E-state index in [1.54, 1.807) is 11.3 Å². The summed E-state index contributed by atoms with van der Waals surface area (Å²) in [4.78, 5) is 24.9. The number of carboxylic acid groups (broad SMARTS) is 1. The Morgan fingerprint density at radius 2 is 2.23 bits per heavy atom. The normalized spacial score (nSPS) is 22.1. The van der Waals surface area contributed by atoms with Crippen LogP contribution in [0.15, 0.2) is 16.8 Å². The third kappa shape index (κ3) is 4.81. The van der Waals surface area contributed by atoms with Crippen molar-refractivity contribution in [3.8, 4) is 0 Å². The van der Waals surface area contributed by atoms with Gasteiger partial charge in [0.2, 0.25) is 5.91 Å². The number of carbonyl (C=O) groups is 2. The molecule has 0 aliphatic carbocycles. The number of hydrogen-bond acceptors (Lipinski definition) is 4. The molecule has 122 valence electrons. The first-order valence-electron chi connectivity index (χ1n) is 7.70. The number of thiophene rings is 1. The van der Waals surface area contributed by atoms with Gasteiger partial charge in [0.1, 0.15) is 0 Å². The fourth-order valence-electron chi connectivity index (χ4n) is 3.03. The lowest BCUT2D eigenvalue weighted by Gasteiger charge is -2.23. The lowest BCUT2D eigenvalue weighted by Crippen LogP contribution is -2.42. The minimum absolute atomic E-state index is 0.0461. The molecule has 0 radical (unpaired) electrons. The van der Waals surface area contributed by atoms with Gasteiger partial charge in [0.15, 0.2) is 0 Å². The third-order valence-electron chi connectivity index (χ3n) is 4.22. The molecule has 2 rings (SSSR count). The smallest absolute Gasteiger partial charge is 0.317 e. The van der Waals surface area contributed by atoms with Gasteiger partial charge in [0.05, 0.1) is 6.54 Å². The number of carbonyl (C=O) groups excluding carboxylic acids is 1. The second-order valence-corrected chi connectivity index (χ2v) is 7.08. The summed E-state index contributed by atoms with van der Waals surface area (Å²) in [5.74, 6) is -0.0311. The lowest BCUT2D eigenvalue weighted by molar-refractivity contribution is -0.138. The highest BCUT2D eigenvalue weighted by Crippen LogP contribution is 2.24. The van der Waals surface area contributed by atoms with Gasteiger partial charge in [-0.25, -0.2) is 0 Å². The quantitative estimate of drug-likeness (QED) is 0.803. The maximum absolute atomic E-state index is 12.1. The van der Waals surface area contributed by atoms with Crippen LogP contribution in [0.4, 0.5) is 0 Å². The molecule has 2 atom stereocenters. The maximum Gasteiger partial charge on any atom is 0.317 e. The van der Waals surface area contributed by atoms with Crippen molar-refractivity contribution in [2.24, 2.45) is 11.8 Å². The minimum Gasteiger partial charge on any atom is -0.480 e. The van der Waals surface area contributed by atoms with Gasteiger partial charge in [-0.15, -0.1) is 0 Å². The Morgan fingerprint density at radius 1 is 1.45 bits per heavy atom. The number of carboxylic acids is 1. The fraction of sp³-hybridized carbons (Fsp3) is 0.625. The highest BCUT2D eigenvalue weighted by atomic mass is 32.1. The Hall–Kier alpha value is -1.40. The van der Waals surface area contributed by atoms with E-state index in [-0.39, 0.29) is 18.5 Å². The summed E-state index contributed by atoms with van der Waals surface area (Å²) in [5, 5.41) is 16.1. The van der Waals surface area contributed by atoms with Crippen molar-refractivity contribution < 1.29 is 14.7 Å². The molecule has 1 aromatic rings. The van der Waals surface area contributed by atoms with Crippen molar-refractivity contribution in [1.29, 1.82) is 0 Å². The molecule has 1 aromatic heterocycles. The van der Waals surface area contributed by atoms with E-state index >= 15 is 0 Å². The summed E-state index contributed by atoms with van der Waals surface area (Å²) >= 11 is 1.64. The number of nitrogens with one attached hydrogen (secondary N) is 1. The van der Waals surface area contributed by atoms with Crippen LogP contribution in [0, 0.1) is 11.8 Å². The van der Waals surface area contributed by atoms with E-state index in [0.29, 0.717) is 24.8 Å². The number of nitrogens with zero attached hydrogens (tertiary/aromatic N) is 1. The molecule has 6 heteroatoms. The van der Waals surface area contributed by atoms with E-state index in [1.807, 2.05) is 16.3 Å². The van der Waals surface area contributed by atoms with Gasteiger partial charge in [-0.3, -0.25) is 14.5 Å². The molecule has 1 fully saturated rings. The maximum atomic E-state index is 12.1. The molecule has 2 N–H and O–H groups in total. The number of aliphatic carboxylic acids is 1. The van der Waals surface area contributed by atoms with Gasteiger partial charge in [-0.1, -0.05) is 13.8 Å². The number of hydrogen-bond donors (Lipinski definition) is 2. The van der Waals surface area contributed by atoms with E-state index in [0.717, 1.165) is 13.0 Å². The van der Waals surface area contributed by atoms with Crippen molar-refractivity contribution >= 4 is 23.2 Å². The molecule has 1 saturated heterocycles. The summed E-state index contributed by atoms with van der Waals surface area (Å²) in [7, 11) is 0. The molecule has 0 spiro atoms. The second-order valence-electron chi connectivity index (χ2n) is 6.30. The van der Waals surface area contributed by atoms with Crippen molar-refractivity contribution in [3.63, 3.8) is 0 Å². The largest absolute Gasteiger partial charge is 0.480 e. The predicted molar refractivity (Wildman–Crippen MR) is 87.0 cm³/mol. The third-order valence-corrected chi connectivity index (χ3v) is 4.96. The molecular weight excluding hydrogens is 300 g/mol. The molecule has 0 saturated carbocycles. The zero-order chi connectivity index (χ0) is 16.1. The average molecular weight is 324 g/mol. The Bertz CT molecular complexity index is 501. The molecular formula is C16H24N2O3S. The van der Waals surface area contributed by atoms with Crippen molar-refractivity contribution in [1.82, 2.24) is 10.2 Å². The number of likely N-dealkylation sites (tertiary alicyclic amines) is 1. The molecule has 2 heterocycles. The van der Waals surface area contributed by atoms with Crippen molar-refractivity contribution in [2.45, 2.75) is 32.7 Å². The van der Waals surface area contributed by atoms with Crippen LogP contribution in [0.3, 0.4) is 0 Å². The first-order chi connectivity index (χ1) is 10.5. The second kappa shape index (κ2) is 7.74. The zero-order valence-electron chi connectivity index (χ0n) is 13.1. The molecule has 0 aromatic carbocycles. The van der Waals surface area contributed by atoms with Crippen molar-refractivity contribution in [3.05, 3.63) is 22.4 Å². The van der Waals surface area contributed by atoms with Gasteiger partial charge in [0, 0.05) is 25.6 Å². The molecule has 1 aliphatic heterocycles. The van der Waals surface area contributed by atoms with Crippen LogP contribution in [-0.4, -0.2) is 47.6 Å². The Labute approximate surface area is 135 Å². The number of rotatable bonds is 7. The standard InChI is InChI=1S/C16H24N2O3S/c1-11(2)13-7-18(9-16(20)21)8-14(13)17-15(19)4-3-12-5-6-22-10-12/h5-6,10-11,13-14H,3-4,7-9H2,1-2H3,(H,17,19)(H,20,21)/t13-,14+/m0/s1. The summed E-state index contributed by atoms with van der Waals surface area (Å²) in [5.41, 5.74) is 1.19. The monoisotopic (exact) mass is 324 g/mol. The summed E-state index contributed by atoms with van der Waals surface area (Å²) in [6.07, 6.45) is 1.24. The van der Waals surface area contributed by atoms with Gasteiger partial charge >= 0.3 is 5.97 Å². The fourth-order valence-corrected chi connectivity index (χ4v) is 3.74.